The van der Waals surface area contributed by atoms with Crippen molar-refractivity contribution in [3.8, 4) is 5.75 Å². The van der Waals surface area contributed by atoms with Gasteiger partial charge in [-0.3, -0.25) is 4.68 Å². The number of rotatable bonds is 4. The minimum absolute atomic E-state index is 0.0401. The largest absolute Gasteiger partial charge is 0.488 e. The van der Waals surface area contributed by atoms with E-state index >= 15 is 0 Å². The van der Waals surface area contributed by atoms with Crippen LogP contribution in [0.15, 0.2) is 24.5 Å². The van der Waals surface area contributed by atoms with Crippen LogP contribution in [0.3, 0.4) is 0 Å². The zero-order valence-electron chi connectivity index (χ0n) is 9.62. The molecule has 0 saturated heterocycles. The second kappa shape index (κ2) is 5.15. The normalized spacial score (nSPS) is 10.4. The molecule has 0 fully saturated rings. The predicted molar refractivity (Wildman–Crippen MR) is 61.6 cm³/mol. The summed E-state index contributed by atoms with van der Waals surface area (Å²) in [5.41, 5.74) is 0.157. The number of aromatic nitrogens is 3. The molecule has 0 aliphatic carbocycles. The maximum atomic E-state index is 13.4. The molecule has 0 amide bonds. The molecule has 0 atom stereocenters. The Morgan fingerprint density at radius 2 is 2.22 bits per heavy atom. The zero-order chi connectivity index (χ0) is 13.1. The highest BCUT2D eigenvalue weighted by molar-refractivity contribution is 6.58. The van der Waals surface area contributed by atoms with Gasteiger partial charge in [0.15, 0.2) is 17.4 Å². The molecular weight excluding hydrogens is 240 g/mol. The molecule has 8 heteroatoms. The van der Waals surface area contributed by atoms with Gasteiger partial charge in [-0.1, -0.05) is 6.07 Å². The van der Waals surface area contributed by atoms with E-state index in [0.717, 1.165) is 6.07 Å². The molecule has 0 spiro atoms. The van der Waals surface area contributed by atoms with Crippen molar-refractivity contribution in [1.82, 2.24) is 14.8 Å². The fourth-order valence-corrected chi connectivity index (χ4v) is 1.38. The Balaban J connectivity index is 2.13. The van der Waals surface area contributed by atoms with Crippen molar-refractivity contribution in [1.29, 1.82) is 0 Å². The average molecular weight is 251 g/mol. The highest BCUT2D eigenvalue weighted by Gasteiger charge is 2.14. The van der Waals surface area contributed by atoms with Gasteiger partial charge in [0, 0.05) is 7.05 Å². The van der Waals surface area contributed by atoms with Gasteiger partial charge in [0.2, 0.25) is 0 Å². The van der Waals surface area contributed by atoms with Crippen LogP contribution < -0.4 is 10.2 Å². The summed E-state index contributed by atoms with van der Waals surface area (Å²) in [6.45, 7) is 0.0401. The van der Waals surface area contributed by atoms with E-state index < -0.39 is 12.9 Å². The van der Waals surface area contributed by atoms with Gasteiger partial charge >= 0.3 is 7.12 Å². The predicted octanol–water partition coefficient (Wildman–Crippen LogP) is -0.787. The molecule has 0 aliphatic rings. The number of hydrogen-bond donors (Lipinski definition) is 2. The van der Waals surface area contributed by atoms with Gasteiger partial charge in [-0.25, -0.2) is 9.37 Å². The van der Waals surface area contributed by atoms with Crippen molar-refractivity contribution >= 4 is 12.6 Å². The molecule has 0 aliphatic heterocycles. The third kappa shape index (κ3) is 2.66. The lowest BCUT2D eigenvalue weighted by atomic mass is 9.80. The summed E-state index contributed by atoms with van der Waals surface area (Å²) in [6, 6.07) is 3.62. The third-order valence-corrected chi connectivity index (χ3v) is 2.42. The molecule has 0 bridgehead atoms. The summed E-state index contributed by atoms with van der Waals surface area (Å²) in [7, 11) is 0.0263. The topological polar surface area (TPSA) is 80.4 Å². The standard InChI is InChI=1S/C10H11BFN3O3/c1-15-10(13-6-14-15)5-18-9-4-7(11(16)17)2-3-8(9)12/h2-4,6,16-17H,5H2,1H3. The molecular formula is C10H11BFN3O3. The molecule has 0 unspecified atom stereocenters. The SMILES string of the molecule is Cn1ncnc1COc1cc(B(O)O)ccc1F. The first kappa shape index (κ1) is 12.5. The minimum Gasteiger partial charge on any atom is -0.483 e. The number of hydrogen-bond acceptors (Lipinski definition) is 5. The fraction of sp³-hybridized carbons (Fsp3) is 0.200. The number of ether oxygens (including phenoxy) is 1. The molecule has 94 valence electrons. The molecule has 1 aromatic heterocycles. The molecule has 18 heavy (non-hydrogen) atoms. The summed E-state index contributed by atoms with van der Waals surface area (Å²) < 4.78 is 20.2. The van der Waals surface area contributed by atoms with Crippen molar-refractivity contribution in [2.24, 2.45) is 7.05 Å². The first-order chi connectivity index (χ1) is 8.58. The minimum atomic E-state index is -1.66. The van der Waals surface area contributed by atoms with Crippen LogP contribution in [0.2, 0.25) is 0 Å². The Labute approximate surface area is 103 Å². The lowest BCUT2D eigenvalue weighted by Crippen LogP contribution is -2.29. The molecule has 6 nitrogen and oxygen atoms in total. The Bertz CT molecular complexity index is 547. The highest BCUT2D eigenvalue weighted by Crippen LogP contribution is 2.15. The van der Waals surface area contributed by atoms with Crippen molar-refractivity contribution in [2.75, 3.05) is 0 Å². The first-order valence-electron chi connectivity index (χ1n) is 5.19. The molecule has 1 aromatic carbocycles. The quantitative estimate of drug-likeness (QED) is 0.696. The van der Waals surface area contributed by atoms with Gasteiger partial charge in [-0.05, 0) is 17.6 Å². The van der Waals surface area contributed by atoms with Crippen LogP contribution in [0.25, 0.3) is 0 Å². The van der Waals surface area contributed by atoms with Crippen LogP contribution >= 0.6 is 0 Å². The molecule has 0 radical (unpaired) electrons. The van der Waals surface area contributed by atoms with Crippen LogP contribution in [0, 0.1) is 5.82 Å². The summed E-state index contributed by atoms with van der Waals surface area (Å²) in [6.07, 6.45) is 1.36. The van der Waals surface area contributed by atoms with Crippen molar-refractivity contribution < 1.29 is 19.2 Å². The summed E-state index contributed by atoms with van der Waals surface area (Å²) >= 11 is 0. The fourth-order valence-electron chi connectivity index (χ4n) is 1.38. The summed E-state index contributed by atoms with van der Waals surface area (Å²) in [4.78, 5) is 3.92. The van der Waals surface area contributed by atoms with Crippen LogP contribution in [-0.2, 0) is 13.7 Å². The highest BCUT2D eigenvalue weighted by atomic mass is 19.1. The van der Waals surface area contributed by atoms with Gasteiger partial charge in [0.25, 0.3) is 0 Å². The Morgan fingerprint density at radius 3 is 2.83 bits per heavy atom. The van der Waals surface area contributed by atoms with E-state index in [-0.39, 0.29) is 17.8 Å². The van der Waals surface area contributed by atoms with Gasteiger partial charge in [0.05, 0.1) is 0 Å². The van der Waals surface area contributed by atoms with Gasteiger partial charge in [-0.15, -0.1) is 0 Å². The van der Waals surface area contributed by atoms with Gasteiger partial charge < -0.3 is 14.8 Å². The lowest BCUT2D eigenvalue weighted by molar-refractivity contribution is 0.276. The van der Waals surface area contributed by atoms with E-state index in [1.54, 1.807) is 7.05 Å². The zero-order valence-corrected chi connectivity index (χ0v) is 9.62. The number of benzene rings is 1. The van der Waals surface area contributed by atoms with Crippen LogP contribution in [0.4, 0.5) is 4.39 Å². The third-order valence-electron chi connectivity index (χ3n) is 2.42. The van der Waals surface area contributed by atoms with Crippen LogP contribution in [0.5, 0.6) is 5.75 Å². The van der Waals surface area contributed by atoms with Crippen LogP contribution in [0.1, 0.15) is 5.82 Å². The Kier molecular flexibility index (Phi) is 3.59. The van der Waals surface area contributed by atoms with E-state index in [1.807, 2.05) is 0 Å². The van der Waals surface area contributed by atoms with E-state index in [2.05, 4.69) is 10.1 Å². The average Bonchev–Trinajstić information content (AvgIpc) is 2.73. The second-order valence-electron chi connectivity index (χ2n) is 3.65. The number of nitrogens with zero attached hydrogens (tertiary/aromatic N) is 3. The first-order valence-corrected chi connectivity index (χ1v) is 5.19. The Morgan fingerprint density at radius 1 is 1.44 bits per heavy atom. The van der Waals surface area contributed by atoms with Crippen molar-refractivity contribution in [3.05, 3.63) is 36.2 Å². The maximum Gasteiger partial charge on any atom is 0.488 e. The van der Waals surface area contributed by atoms with E-state index in [1.165, 1.54) is 23.1 Å². The smallest absolute Gasteiger partial charge is 0.483 e. The number of halogens is 1. The second-order valence-corrected chi connectivity index (χ2v) is 3.65. The lowest BCUT2D eigenvalue weighted by Gasteiger charge is -2.08. The van der Waals surface area contributed by atoms with Crippen molar-refractivity contribution in [3.63, 3.8) is 0 Å². The van der Waals surface area contributed by atoms with Gasteiger partial charge in [0.1, 0.15) is 12.9 Å². The van der Waals surface area contributed by atoms with Crippen LogP contribution in [-0.4, -0.2) is 31.9 Å². The monoisotopic (exact) mass is 251 g/mol. The van der Waals surface area contributed by atoms with Crippen molar-refractivity contribution in [2.45, 2.75) is 6.61 Å². The maximum absolute atomic E-state index is 13.4. The number of aryl methyl sites for hydroxylation is 1. The van der Waals surface area contributed by atoms with E-state index in [9.17, 15) is 4.39 Å². The molecule has 2 aromatic rings. The van der Waals surface area contributed by atoms with E-state index in [4.69, 9.17) is 14.8 Å². The molecule has 0 saturated carbocycles. The Hall–Kier alpha value is -1.93. The van der Waals surface area contributed by atoms with Gasteiger partial charge in [-0.2, -0.15) is 5.10 Å². The molecule has 1 heterocycles. The summed E-state index contributed by atoms with van der Waals surface area (Å²) in [5, 5.41) is 21.8. The van der Waals surface area contributed by atoms with E-state index in [0.29, 0.717) is 5.82 Å². The molecule has 2 N–H and O–H groups in total. The molecule has 2 rings (SSSR count). The summed E-state index contributed by atoms with van der Waals surface area (Å²) in [5.74, 6) is -0.116.